The summed E-state index contributed by atoms with van der Waals surface area (Å²) in [4.78, 5) is 8.73. The number of nitrogens with one attached hydrogen (secondary N) is 1. The van der Waals surface area contributed by atoms with Gasteiger partial charge in [0.15, 0.2) is 5.16 Å². The molecule has 0 bridgehead atoms. The molecule has 1 aromatic heterocycles. The molecule has 0 fully saturated rings. The molecule has 2 rings (SSSR count). The summed E-state index contributed by atoms with van der Waals surface area (Å²) in [6, 6.07) is 6.98. The molecular weight excluding hydrogens is 278 g/mol. The zero-order valence-electron chi connectivity index (χ0n) is 13.2. The summed E-state index contributed by atoms with van der Waals surface area (Å²) in [6.45, 7) is 9.41. The number of nitrogens with zero attached hydrogens (tertiary/aromatic N) is 2. The molecular formula is C17H23N3S. The molecule has 1 atom stereocenters. The molecule has 1 unspecified atom stereocenters. The summed E-state index contributed by atoms with van der Waals surface area (Å²) in [5.41, 5.74) is 5.10. The highest BCUT2D eigenvalue weighted by Crippen LogP contribution is 2.25. The summed E-state index contributed by atoms with van der Waals surface area (Å²) >= 11 is 1.70. The molecule has 1 heterocycles. The van der Waals surface area contributed by atoms with Crippen LogP contribution in [0.15, 0.2) is 35.7 Å². The van der Waals surface area contributed by atoms with E-state index in [0.717, 1.165) is 23.0 Å². The Balaban J connectivity index is 2.09. The standard InChI is InChI=1S/C17H23N3S/c1-5-18-16(15-7-6-12(2)8-14(15)4)11-21-17-19-9-13(3)10-20-17/h6-10,16,18H,5,11H2,1-4H3. The van der Waals surface area contributed by atoms with Crippen molar-refractivity contribution in [1.82, 2.24) is 15.3 Å². The summed E-state index contributed by atoms with van der Waals surface area (Å²) < 4.78 is 0. The van der Waals surface area contributed by atoms with E-state index in [9.17, 15) is 0 Å². The second kappa shape index (κ2) is 7.57. The molecule has 0 aliphatic heterocycles. The van der Waals surface area contributed by atoms with Gasteiger partial charge in [-0.3, -0.25) is 0 Å². The highest BCUT2D eigenvalue weighted by molar-refractivity contribution is 7.99. The van der Waals surface area contributed by atoms with Crippen LogP contribution >= 0.6 is 11.8 Å². The minimum Gasteiger partial charge on any atom is -0.309 e. The first kappa shape index (κ1) is 16.0. The number of hydrogen-bond acceptors (Lipinski definition) is 4. The van der Waals surface area contributed by atoms with Gasteiger partial charge in [-0.15, -0.1) is 0 Å². The van der Waals surface area contributed by atoms with Crippen LogP contribution in [-0.4, -0.2) is 22.3 Å². The molecule has 0 amide bonds. The lowest BCUT2D eigenvalue weighted by Crippen LogP contribution is -2.23. The lowest BCUT2D eigenvalue weighted by molar-refractivity contribution is 0.602. The van der Waals surface area contributed by atoms with Gasteiger partial charge in [0.2, 0.25) is 0 Å². The van der Waals surface area contributed by atoms with Crippen LogP contribution in [0.2, 0.25) is 0 Å². The van der Waals surface area contributed by atoms with Gasteiger partial charge in [-0.05, 0) is 44.0 Å². The van der Waals surface area contributed by atoms with E-state index in [0.29, 0.717) is 6.04 Å². The maximum Gasteiger partial charge on any atom is 0.187 e. The van der Waals surface area contributed by atoms with Gasteiger partial charge in [-0.2, -0.15) is 0 Å². The van der Waals surface area contributed by atoms with Crippen molar-refractivity contribution in [2.75, 3.05) is 12.3 Å². The van der Waals surface area contributed by atoms with Gasteiger partial charge < -0.3 is 5.32 Å². The minimum absolute atomic E-state index is 0.325. The van der Waals surface area contributed by atoms with Gasteiger partial charge in [0.05, 0.1) is 0 Å². The van der Waals surface area contributed by atoms with Gasteiger partial charge in [-0.1, -0.05) is 42.4 Å². The van der Waals surface area contributed by atoms with E-state index in [1.54, 1.807) is 11.8 Å². The first-order chi connectivity index (χ1) is 10.1. The Morgan fingerprint density at radius 3 is 2.43 bits per heavy atom. The number of hydrogen-bond donors (Lipinski definition) is 1. The number of thioether (sulfide) groups is 1. The topological polar surface area (TPSA) is 37.8 Å². The lowest BCUT2D eigenvalue weighted by Gasteiger charge is -2.20. The molecule has 4 heteroatoms. The van der Waals surface area contributed by atoms with Crippen molar-refractivity contribution < 1.29 is 0 Å². The fraction of sp³-hybridized carbons (Fsp3) is 0.412. The van der Waals surface area contributed by atoms with E-state index >= 15 is 0 Å². The summed E-state index contributed by atoms with van der Waals surface area (Å²) in [6.07, 6.45) is 3.74. The fourth-order valence-corrected chi connectivity index (χ4v) is 3.20. The largest absolute Gasteiger partial charge is 0.309 e. The Morgan fingerprint density at radius 1 is 1.10 bits per heavy atom. The van der Waals surface area contributed by atoms with E-state index < -0.39 is 0 Å². The van der Waals surface area contributed by atoms with E-state index in [-0.39, 0.29) is 0 Å². The third-order valence-electron chi connectivity index (χ3n) is 3.39. The SMILES string of the molecule is CCNC(CSc1ncc(C)cn1)c1ccc(C)cc1C. The van der Waals surface area contributed by atoms with Crippen molar-refractivity contribution in [3.05, 3.63) is 52.8 Å². The van der Waals surface area contributed by atoms with Crippen LogP contribution in [0.1, 0.15) is 35.2 Å². The Kier molecular flexibility index (Phi) is 5.76. The van der Waals surface area contributed by atoms with Gasteiger partial charge in [0.1, 0.15) is 0 Å². The summed E-state index contributed by atoms with van der Waals surface area (Å²) in [5.74, 6) is 0.931. The average molecular weight is 301 g/mol. The maximum atomic E-state index is 4.36. The molecule has 3 nitrogen and oxygen atoms in total. The van der Waals surface area contributed by atoms with Gasteiger partial charge in [0, 0.05) is 24.2 Å². The highest BCUT2D eigenvalue weighted by atomic mass is 32.2. The molecule has 0 saturated carbocycles. The third-order valence-corrected chi connectivity index (χ3v) is 4.36. The van der Waals surface area contributed by atoms with E-state index in [2.05, 4.69) is 54.3 Å². The van der Waals surface area contributed by atoms with Gasteiger partial charge >= 0.3 is 0 Å². The van der Waals surface area contributed by atoms with Crippen LogP contribution in [0.5, 0.6) is 0 Å². The van der Waals surface area contributed by atoms with Crippen molar-refractivity contribution in [2.24, 2.45) is 0 Å². The van der Waals surface area contributed by atoms with Crippen molar-refractivity contribution in [3.63, 3.8) is 0 Å². The maximum absolute atomic E-state index is 4.36. The molecule has 112 valence electrons. The Morgan fingerprint density at radius 2 is 1.81 bits per heavy atom. The molecule has 21 heavy (non-hydrogen) atoms. The average Bonchev–Trinajstić information content (AvgIpc) is 2.46. The second-order valence-corrected chi connectivity index (χ2v) is 6.31. The zero-order chi connectivity index (χ0) is 15.2. The fourth-order valence-electron chi connectivity index (χ4n) is 2.33. The van der Waals surface area contributed by atoms with E-state index in [4.69, 9.17) is 0 Å². The molecule has 0 saturated heterocycles. The molecule has 0 aliphatic carbocycles. The van der Waals surface area contributed by atoms with Crippen molar-refractivity contribution in [1.29, 1.82) is 0 Å². The zero-order valence-corrected chi connectivity index (χ0v) is 14.0. The van der Waals surface area contributed by atoms with E-state index in [1.807, 2.05) is 19.3 Å². The number of rotatable bonds is 6. The van der Waals surface area contributed by atoms with Crippen LogP contribution in [0, 0.1) is 20.8 Å². The van der Waals surface area contributed by atoms with Crippen molar-refractivity contribution >= 4 is 11.8 Å². The Hall–Kier alpha value is -1.39. The summed E-state index contributed by atoms with van der Waals surface area (Å²) in [7, 11) is 0. The number of aryl methyl sites for hydroxylation is 3. The van der Waals surface area contributed by atoms with Gasteiger partial charge in [0.25, 0.3) is 0 Å². The quantitative estimate of drug-likeness (QED) is 0.650. The van der Waals surface area contributed by atoms with Crippen LogP contribution in [0.4, 0.5) is 0 Å². The molecule has 0 spiro atoms. The first-order valence-electron chi connectivity index (χ1n) is 7.32. The Labute approximate surface area is 131 Å². The van der Waals surface area contributed by atoms with Crippen LogP contribution in [-0.2, 0) is 0 Å². The summed E-state index contributed by atoms with van der Waals surface area (Å²) in [5, 5.41) is 4.41. The predicted molar refractivity (Wildman–Crippen MR) is 89.8 cm³/mol. The van der Waals surface area contributed by atoms with Gasteiger partial charge in [-0.25, -0.2) is 9.97 Å². The molecule has 2 aromatic rings. The minimum atomic E-state index is 0.325. The smallest absolute Gasteiger partial charge is 0.187 e. The highest BCUT2D eigenvalue weighted by Gasteiger charge is 2.14. The second-order valence-electron chi connectivity index (χ2n) is 5.32. The molecule has 1 aromatic carbocycles. The number of aromatic nitrogens is 2. The molecule has 0 aliphatic rings. The Bertz CT molecular complexity index is 581. The van der Waals surface area contributed by atoms with Crippen molar-refractivity contribution in [3.8, 4) is 0 Å². The van der Waals surface area contributed by atoms with Crippen LogP contribution < -0.4 is 5.32 Å². The van der Waals surface area contributed by atoms with Crippen molar-refractivity contribution in [2.45, 2.75) is 38.9 Å². The lowest BCUT2D eigenvalue weighted by atomic mass is 10.0. The molecule has 0 radical (unpaired) electrons. The van der Waals surface area contributed by atoms with Crippen LogP contribution in [0.3, 0.4) is 0 Å². The molecule has 1 N–H and O–H groups in total. The predicted octanol–water partition coefficient (Wildman–Crippen LogP) is 3.84. The normalized spacial score (nSPS) is 12.4. The third kappa shape index (κ3) is 4.55. The van der Waals surface area contributed by atoms with Crippen LogP contribution in [0.25, 0.3) is 0 Å². The first-order valence-corrected chi connectivity index (χ1v) is 8.30. The monoisotopic (exact) mass is 301 g/mol. The van der Waals surface area contributed by atoms with E-state index in [1.165, 1.54) is 16.7 Å². The number of benzene rings is 1.